The Balaban J connectivity index is 2.11. The summed E-state index contributed by atoms with van der Waals surface area (Å²) in [7, 11) is 0. The molecule has 0 aliphatic rings. The molecule has 0 spiro atoms. The van der Waals surface area contributed by atoms with Crippen LogP contribution in [0.5, 0.6) is 5.75 Å². The Morgan fingerprint density at radius 3 is 2.67 bits per heavy atom. The number of hydrogen-bond acceptors (Lipinski definition) is 2. The van der Waals surface area contributed by atoms with Gasteiger partial charge in [0.05, 0.1) is 5.69 Å². The predicted molar refractivity (Wildman–Crippen MR) is 74.3 cm³/mol. The molecule has 2 rings (SSSR count). The van der Waals surface area contributed by atoms with Crippen molar-refractivity contribution < 1.29 is 9.13 Å². The van der Waals surface area contributed by atoms with E-state index in [2.05, 4.69) is 15.9 Å². The van der Waals surface area contributed by atoms with Crippen LogP contribution in [-0.4, -0.2) is 0 Å². The van der Waals surface area contributed by atoms with Crippen LogP contribution in [0.15, 0.2) is 40.9 Å². The maximum Gasteiger partial charge on any atom is 0.142 e. The molecule has 0 saturated carbocycles. The highest BCUT2D eigenvalue weighted by atomic mass is 79.9. The molecule has 0 unspecified atom stereocenters. The molecule has 0 heterocycles. The van der Waals surface area contributed by atoms with Crippen molar-refractivity contribution in [2.75, 3.05) is 5.73 Å². The van der Waals surface area contributed by atoms with E-state index in [4.69, 9.17) is 22.1 Å². The van der Waals surface area contributed by atoms with E-state index in [-0.39, 0.29) is 12.4 Å². The summed E-state index contributed by atoms with van der Waals surface area (Å²) in [4.78, 5) is 0. The number of benzene rings is 2. The van der Waals surface area contributed by atoms with Gasteiger partial charge in [-0.15, -0.1) is 0 Å². The van der Waals surface area contributed by atoms with Crippen LogP contribution >= 0.6 is 27.5 Å². The second-order valence-corrected chi connectivity index (χ2v) is 5.06. The second kappa shape index (κ2) is 5.59. The van der Waals surface area contributed by atoms with Crippen molar-refractivity contribution in [2.24, 2.45) is 0 Å². The first kappa shape index (κ1) is 13.2. The van der Waals surface area contributed by atoms with Gasteiger partial charge in [0.15, 0.2) is 0 Å². The Kier molecular flexibility index (Phi) is 4.09. The zero-order chi connectivity index (χ0) is 13.1. The first-order valence-corrected chi connectivity index (χ1v) is 6.35. The highest BCUT2D eigenvalue weighted by molar-refractivity contribution is 9.10. The Bertz CT molecular complexity index is 525. The summed E-state index contributed by atoms with van der Waals surface area (Å²) in [5.41, 5.74) is 6.63. The van der Waals surface area contributed by atoms with Gasteiger partial charge in [-0.05, 0) is 30.3 Å². The van der Waals surface area contributed by atoms with Gasteiger partial charge >= 0.3 is 0 Å². The fourth-order valence-corrected chi connectivity index (χ4v) is 1.96. The monoisotopic (exact) mass is 329 g/mol. The zero-order valence-corrected chi connectivity index (χ0v) is 11.6. The molecule has 0 aliphatic carbocycles. The summed E-state index contributed by atoms with van der Waals surface area (Å²) in [6.07, 6.45) is 0. The van der Waals surface area contributed by atoms with Crippen molar-refractivity contribution >= 4 is 33.2 Å². The summed E-state index contributed by atoms with van der Waals surface area (Å²) >= 11 is 8.97. The highest BCUT2D eigenvalue weighted by Crippen LogP contribution is 2.26. The number of nitrogens with two attached hydrogens (primary N) is 1. The third kappa shape index (κ3) is 3.15. The summed E-state index contributed by atoms with van der Waals surface area (Å²) in [5.74, 6) is 0.165. The lowest BCUT2D eigenvalue weighted by atomic mass is 10.2. The van der Waals surface area contributed by atoms with Crippen LogP contribution in [0.1, 0.15) is 5.56 Å². The van der Waals surface area contributed by atoms with E-state index in [9.17, 15) is 4.39 Å². The maximum atomic E-state index is 13.6. The Morgan fingerprint density at radius 1 is 1.22 bits per heavy atom. The fraction of sp³-hybridized carbons (Fsp3) is 0.0769. The van der Waals surface area contributed by atoms with E-state index in [0.717, 1.165) is 0 Å². The smallest absolute Gasteiger partial charge is 0.142 e. The van der Waals surface area contributed by atoms with Gasteiger partial charge in [-0.25, -0.2) is 4.39 Å². The number of hydrogen-bond donors (Lipinski definition) is 1. The van der Waals surface area contributed by atoms with E-state index in [0.29, 0.717) is 26.5 Å². The van der Waals surface area contributed by atoms with E-state index in [1.54, 1.807) is 30.3 Å². The molecular formula is C13H10BrClFNO. The molecule has 5 heteroatoms. The average Bonchev–Trinajstić information content (AvgIpc) is 2.30. The van der Waals surface area contributed by atoms with Gasteiger partial charge in [0.2, 0.25) is 0 Å². The third-order valence-corrected chi connectivity index (χ3v) is 3.10. The van der Waals surface area contributed by atoms with E-state index >= 15 is 0 Å². The summed E-state index contributed by atoms with van der Waals surface area (Å²) < 4.78 is 19.7. The molecule has 2 aromatic carbocycles. The Hall–Kier alpha value is -1.26. The predicted octanol–water partition coefficient (Wildman–Crippen LogP) is 4.40. The van der Waals surface area contributed by atoms with Crippen molar-refractivity contribution in [3.05, 3.63) is 57.3 Å². The normalized spacial score (nSPS) is 10.4. The lowest BCUT2D eigenvalue weighted by molar-refractivity contribution is 0.301. The molecule has 2 aromatic rings. The van der Waals surface area contributed by atoms with Gasteiger partial charge in [-0.3, -0.25) is 0 Å². The van der Waals surface area contributed by atoms with Gasteiger partial charge in [0, 0.05) is 15.1 Å². The van der Waals surface area contributed by atoms with Crippen molar-refractivity contribution in [3.63, 3.8) is 0 Å². The van der Waals surface area contributed by atoms with Crippen LogP contribution in [0, 0.1) is 5.82 Å². The molecule has 0 aliphatic heterocycles. The van der Waals surface area contributed by atoms with Crippen molar-refractivity contribution in [1.82, 2.24) is 0 Å². The topological polar surface area (TPSA) is 35.2 Å². The third-order valence-electron chi connectivity index (χ3n) is 2.37. The van der Waals surface area contributed by atoms with Gasteiger partial charge < -0.3 is 10.5 Å². The van der Waals surface area contributed by atoms with Crippen molar-refractivity contribution in [1.29, 1.82) is 0 Å². The van der Waals surface area contributed by atoms with Crippen LogP contribution < -0.4 is 10.5 Å². The highest BCUT2D eigenvalue weighted by Gasteiger charge is 2.06. The molecule has 94 valence electrons. The SMILES string of the molecule is Nc1cc(Cl)ccc1OCc1ccc(Br)cc1F. The fourth-order valence-electron chi connectivity index (χ4n) is 1.45. The molecule has 0 amide bonds. The standard InChI is InChI=1S/C13H10BrClFNO/c14-9-2-1-8(11(16)5-9)7-18-13-4-3-10(15)6-12(13)17/h1-6H,7,17H2. The lowest BCUT2D eigenvalue weighted by Gasteiger charge is -2.09. The first-order valence-electron chi connectivity index (χ1n) is 5.18. The van der Waals surface area contributed by atoms with Gasteiger partial charge in [0.25, 0.3) is 0 Å². The zero-order valence-electron chi connectivity index (χ0n) is 9.29. The van der Waals surface area contributed by atoms with Gasteiger partial charge in [-0.1, -0.05) is 33.6 Å². The Morgan fingerprint density at radius 2 is 2.00 bits per heavy atom. The molecule has 0 radical (unpaired) electrons. The quantitative estimate of drug-likeness (QED) is 0.846. The number of halogens is 3. The van der Waals surface area contributed by atoms with Crippen LogP contribution in [-0.2, 0) is 6.61 Å². The minimum absolute atomic E-state index is 0.116. The number of ether oxygens (including phenoxy) is 1. The molecule has 18 heavy (non-hydrogen) atoms. The van der Waals surface area contributed by atoms with E-state index < -0.39 is 0 Å². The van der Waals surface area contributed by atoms with Crippen LogP contribution in [0.4, 0.5) is 10.1 Å². The van der Waals surface area contributed by atoms with E-state index in [1.165, 1.54) is 6.07 Å². The maximum absolute atomic E-state index is 13.6. The van der Waals surface area contributed by atoms with Crippen LogP contribution in [0.3, 0.4) is 0 Å². The first-order chi connectivity index (χ1) is 8.56. The number of rotatable bonds is 3. The minimum atomic E-state index is -0.322. The van der Waals surface area contributed by atoms with Crippen molar-refractivity contribution in [2.45, 2.75) is 6.61 Å². The van der Waals surface area contributed by atoms with Gasteiger partial charge in [0.1, 0.15) is 18.2 Å². The molecule has 0 aromatic heterocycles. The number of anilines is 1. The lowest BCUT2D eigenvalue weighted by Crippen LogP contribution is -2.00. The summed E-state index contributed by atoms with van der Waals surface area (Å²) in [5, 5.41) is 0.537. The second-order valence-electron chi connectivity index (χ2n) is 3.71. The molecule has 0 atom stereocenters. The molecular weight excluding hydrogens is 321 g/mol. The molecule has 0 bridgehead atoms. The summed E-state index contributed by atoms with van der Waals surface area (Å²) in [6, 6.07) is 9.73. The number of nitrogen functional groups attached to an aromatic ring is 1. The minimum Gasteiger partial charge on any atom is -0.487 e. The average molecular weight is 331 g/mol. The van der Waals surface area contributed by atoms with Gasteiger partial charge in [-0.2, -0.15) is 0 Å². The molecule has 2 nitrogen and oxygen atoms in total. The largest absolute Gasteiger partial charge is 0.487 e. The Labute approximate surface area is 118 Å². The molecule has 0 fully saturated rings. The molecule has 0 saturated heterocycles. The van der Waals surface area contributed by atoms with E-state index in [1.807, 2.05) is 0 Å². The summed E-state index contributed by atoms with van der Waals surface area (Å²) in [6.45, 7) is 0.116. The molecule has 2 N–H and O–H groups in total. The van der Waals surface area contributed by atoms with Crippen LogP contribution in [0.25, 0.3) is 0 Å². The van der Waals surface area contributed by atoms with Crippen molar-refractivity contribution in [3.8, 4) is 5.75 Å². The van der Waals surface area contributed by atoms with Crippen LogP contribution in [0.2, 0.25) is 5.02 Å².